The van der Waals surface area contributed by atoms with Crippen LogP contribution < -0.4 is 11.1 Å². The zero-order valence-electron chi connectivity index (χ0n) is 25.3. The molecule has 0 radical (unpaired) electrons. The van der Waals surface area contributed by atoms with Crippen molar-refractivity contribution in [3.05, 3.63) is 124 Å². The van der Waals surface area contributed by atoms with E-state index >= 15 is 0 Å². The van der Waals surface area contributed by atoms with Gasteiger partial charge < -0.3 is 20.6 Å². The van der Waals surface area contributed by atoms with E-state index in [0.717, 1.165) is 35.0 Å². The highest BCUT2D eigenvalue weighted by molar-refractivity contribution is 8.05. The number of nitrogen functional groups attached to an aromatic ring is 1. The van der Waals surface area contributed by atoms with Crippen molar-refractivity contribution in [3.8, 4) is 0 Å². The lowest BCUT2D eigenvalue weighted by Gasteiger charge is -2.49. The van der Waals surface area contributed by atoms with Gasteiger partial charge in [-0.3, -0.25) is 19.5 Å². The highest BCUT2D eigenvalue weighted by Crippen LogP contribution is 2.45. The normalized spacial score (nSPS) is 17.4. The summed E-state index contributed by atoms with van der Waals surface area (Å²) in [7, 11) is 0. The van der Waals surface area contributed by atoms with E-state index in [1.165, 1.54) is 33.8 Å². The second-order valence-electron chi connectivity index (χ2n) is 10.5. The topological polar surface area (TPSA) is 166 Å². The second kappa shape index (κ2) is 14.8. The maximum Gasteiger partial charge on any atom is 0.356 e. The summed E-state index contributed by atoms with van der Waals surface area (Å²) in [6.07, 6.45) is 2.66. The molecule has 0 unspecified atom stereocenters. The summed E-state index contributed by atoms with van der Waals surface area (Å²) in [5, 5.41) is 7.40. The number of hydrogen-bond donors (Lipinski definition) is 2. The average molecular weight is 701 g/mol. The number of amides is 2. The molecule has 15 heteroatoms. The van der Waals surface area contributed by atoms with E-state index in [0.29, 0.717) is 16.4 Å². The first-order valence-corrected chi connectivity index (χ1v) is 17.5. The minimum absolute atomic E-state index is 0.0861. The van der Waals surface area contributed by atoms with Crippen LogP contribution in [0.25, 0.3) is 0 Å². The van der Waals surface area contributed by atoms with Gasteiger partial charge in [0.05, 0.1) is 0 Å². The van der Waals surface area contributed by atoms with Gasteiger partial charge in [0.25, 0.3) is 11.8 Å². The predicted molar refractivity (Wildman–Crippen MR) is 183 cm³/mol. The molecule has 2 atom stereocenters. The van der Waals surface area contributed by atoms with Crippen LogP contribution in [0.1, 0.15) is 35.4 Å². The van der Waals surface area contributed by atoms with Gasteiger partial charge in [-0.1, -0.05) is 65.8 Å². The number of carbonyl (C=O) groups is 4. The zero-order valence-corrected chi connectivity index (χ0v) is 27.8. The number of carbonyl (C=O) groups excluding carboxylic acids is 4. The van der Waals surface area contributed by atoms with E-state index in [2.05, 4.69) is 20.4 Å². The lowest BCUT2D eigenvalue weighted by molar-refractivity contribution is -0.154. The van der Waals surface area contributed by atoms with Crippen molar-refractivity contribution in [2.24, 2.45) is 5.16 Å². The largest absolute Gasteiger partial charge is 0.448 e. The molecule has 4 heterocycles. The Labute approximate surface area is 287 Å². The van der Waals surface area contributed by atoms with Crippen molar-refractivity contribution < 1.29 is 28.8 Å². The molecule has 6 rings (SSSR count). The summed E-state index contributed by atoms with van der Waals surface area (Å²) in [6, 6.07) is 21.5. The third-order valence-electron chi connectivity index (χ3n) is 7.25. The molecule has 244 valence electrons. The fourth-order valence-corrected chi connectivity index (χ4v) is 8.14. The molecular weight excluding hydrogens is 673 g/mol. The lowest BCUT2D eigenvalue weighted by Crippen LogP contribution is -2.71. The number of rotatable bonds is 11. The number of β-lactam (4-membered cyclic amide) rings is 1. The maximum atomic E-state index is 14.2. The Morgan fingerprint density at radius 2 is 1.73 bits per heavy atom. The van der Waals surface area contributed by atoms with Crippen LogP contribution >= 0.6 is 34.9 Å². The number of nitrogens with zero attached hydrogens (tertiary/aromatic N) is 4. The van der Waals surface area contributed by atoms with Crippen LogP contribution in [0.5, 0.6) is 0 Å². The fourth-order valence-electron chi connectivity index (χ4n) is 5.01. The quantitative estimate of drug-likeness (QED) is 0.0755. The summed E-state index contributed by atoms with van der Waals surface area (Å²) in [5.41, 5.74) is 8.18. The minimum Gasteiger partial charge on any atom is -0.448 e. The molecule has 0 bridgehead atoms. The van der Waals surface area contributed by atoms with Gasteiger partial charge in [-0.15, -0.1) is 34.9 Å². The molecule has 0 saturated carbocycles. The number of thioether (sulfide) groups is 2. The van der Waals surface area contributed by atoms with Crippen LogP contribution in [0, 0.1) is 0 Å². The van der Waals surface area contributed by atoms with Crippen LogP contribution in [0.4, 0.5) is 5.13 Å². The Bertz CT molecular complexity index is 1850. The fraction of sp³-hybridized carbons (Fsp3) is 0.182. The van der Waals surface area contributed by atoms with Crippen LogP contribution in [-0.4, -0.2) is 61.5 Å². The van der Waals surface area contributed by atoms with Gasteiger partial charge in [-0.2, -0.15) is 0 Å². The first kappa shape index (κ1) is 32.9. The van der Waals surface area contributed by atoms with Crippen molar-refractivity contribution in [2.45, 2.75) is 30.2 Å². The molecule has 3 N–H and O–H groups in total. The number of nitrogens with one attached hydrogen (secondary N) is 1. The number of thiazole rings is 1. The zero-order chi connectivity index (χ0) is 33.6. The summed E-state index contributed by atoms with van der Waals surface area (Å²) in [4.78, 5) is 67.8. The lowest BCUT2D eigenvalue weighted by atomic mass is 10.0. The Balaban J connectivity index is 1.28. The van der Waals surface area contributed by atoms with E-state index in [9.17, 15) is 19.2 Å². The predicted octanol–water partition coefficient (Wildman–Crippen LogP) is 4.27. The van der Waals surface area contributed by atoms with Crippen LogP contribution in [0.15, 0.2) is 106 Å². The average Bonchev–Trinajstić information content (AvgIpc) is 3.54. The van der Waals surface area contributed by atoms with Crippen molar-refractivity contribution in [1.82, 2.24) is 20.2 Å². The van der Waals surface area contributed by atoms with Gasteiger partial charge in [0.2, 0.25) is 0 Å². The number of hydrogen-bond acceptors (Lipinski definition) is 13. The highest BCUT2D eigenvalue weighted by Gasteiger charge is 2.55. The third kappa shape index (κ3) is 7.27. The number of oxime groups is 1. The van der Waals surface area contributed by atoms with Gasteiger partial charge in [-0.25, -0.2) is 14.6 Å². The SMILES string of the molecule is CC(=O)O/N=C(\C(=O)N[C@@H]1C(=O)N2C(C(=O)OC(c3ccccc3)c3ccccc3)=C(SCc3ccncc3)CS[C@H]12)c1csc(N)n1. The summed E-state index contributed by atoms with van der Waals surface area (Å²) < 4.78 is 6.22. The first-order chi connectivity index (χ1) is 23.3. The van der Waals surface area contributed by atoms with Crippen molar-refractivity contribution in [1.29, 1.82) is 0 Å². The molecule has 0 aliphatic carbocycles. The Hall–Kier alpha value is -4.99. The summed E-state index contributed by atoms with van der Waals surface area (Å²) in [5.74, 6) is -1.78. The molecule has 2 aliphatic rings. The van der Waals surface area contributed by atoms with Crippen molar-refractivity contribution in [2.75, 3.05) is 11.5 Å². The van der Waals surface area contributed by atoms with Gasteiger partial charge >= 0.3 is 11.9 Å². The van der Waals surface area contributed by atoms with Crippen LogP contribution in [0.2, 0.25) is 0 Å². The number of pyridine rings is 1. The standard InChI is InChI=1S/C33H28N6O6S3/c1-19(40)45-38-25(23-17-48-33(34)36-23)29(41)37-26-30(42)39-27(24(18-47-31(26)39)46-16-20-12-14-35-15-13-20)32(43)44-28(21-8-4-2-5-9-21)22-10-6-3-7-11-22/h2-15,17,26,28,31H,16,18H2,1H3,(H2,34,36)(H,37,41)/b38-25-/t26-,31-/m1/s1. The summed E-state index contributed by atoms with van der Waals surface area (Å²) in [6.45, 7) is 1.14. The van der Waals surface area contributed by atoms with E-state index < -0.39 is 41.3 Å². The molecule has 2 aliphatic heterocycles. The molecular formula is C33H28N6O6S3. The number of nitrogens with two attached hydrogens (primary N) is 1. The Morgan fingerprint density at radius 3 is 2.33 bits per heavy atom. The van der Waals surface area contributed by atoms with Gasteiger partial charge in [0.1, 0.15) is 22.8 Å². The second-order valence-corrected chi connectivity index (χ2v) is 13.5. The van der Waals surface area contributed by atoms with Crippen LogP contribution in [0.3, 0.4) is 0 Å². The third-order valence-corrected chi connectivity index (χ3v) is 10.6. The number of anilines is 1. The molecule has 48 heavy (non-hydrogen) atoms. The van der Waals surface area contributed by atoms with Crippen molar-refractivity contribution >= 4 is 69.5 Å². The first-order valence-electron chi connectivity index (χ1n) is 14.6. The van der Waals surface area contributed by atoms with Gasteiger partial charge in [-0.05, 0) is 28.8 Å². The number of aromatic nitrogens is 2. The summed E-state index contributed by atoms with van der Waals surface area (Å²) >= 11 is 3.92. The monoisotopic (exact) mass is 700 g/mol. The number of benzene rings is 2. The molecule has 1 saturated heterocycles. The molecule has 12 nitrogen and oxygen atoms in total. The molecule has 2 aromatic carbocycles. The van der Waals surface area contributed by atoms with Crippen molar-refractivity contribution in [3.63, 3.8) is 0 Å². The molecule has 2 amide bonds. The minimum atomic E-state index is -1.00. The molecule has 0 spiro atoms. The van der Waals surface area contributed by atoms with Gasteiger partial charge in [0, 0.05) is 41.1 Å². The van der Waals surface area contributed by atoms with E-state index in [1.807, 2.05) is 72.8 Å². The smallest absolute Gasteiger partial charge is 0.356 e. The number of esters is 1. The Kier molecular flexibility index (Phi) is 10.2. The number of ether oxygens (including phenoxy) is 1. The molecule has 2 aromatic heterocycles. The molecule has 1 fully saturated rings. The highest BCUT2D eigenvalue weighted by atomic mass is 32.2. The maximum absolute atomic E-state index is 14.2. The van der Waals surface area contributed by atoms with E-state index in [-0.39, 0.29) is 22.2 Å². The Morgan fingerprint density at radius 1 is 1.06 bits per heavy atom. The van der Waals surface area contributed by atoms with E-state index in [1.54, 1.807) is 12.4 Å². The molecule has 4 aromatic rings. The van der Waals surface area contributed by atoms with Gasteiger partial charge in [0.15, 0.2) is 16.9 Å². The number of fused-ring (bicyclic) bond motifs is 1. The van der Waals surface area contributed by atoms with E-state index in [4.69, 9.17) is 15.3 Å². The van der Waals surface area contributed by atoms with Crippen LogP contribution in [-0.2, 0) is 34.5 Å².